The molecule has 1 heterocycles. The van der Waals surface area contributed by atoms with Crippen molar-refractivity contribution in [2.75, 3.05) is 18.1 Å². The maximum absolute atomic E-state index is 11.7. The highest BCUT2D eigenvalue weighted by Crippen LogP contribution is 2.29. The predicted octanol–water partition coefficient (Wildman–Crippen LogP) is 3.02. The molecule has 0 N–H and O–H groups in total. The normalized spacial score (nSPS) is 14.6. The van der Waals surface area contributed by atoms with Gasteiger partial charge in [-0.05, 0) is 57.4 Å². The van der Waals surface area contributed by atoms with Crippen molar-refractivity contribution in [3.8, 4) is 0 Å². The molecular formula is C15H21NO2. The van der Waals surface area contributed by atoms with Crippen molar-refractivity contribution in [2.24, 2.45) is 0 Å². The lowest BCUT2D eigenvalue weighted by Crippen LogP contribution is -2.35. The Morgan fingerprint density at radius 3 is 2.89 bits per heavy atom. The average Bonchev–Trinajstić information content (AvgIpc) is 2.37. The van der Waals surface area contributed by atoms with Crippen molar-refractivity contribution in [3.05, 3.63) is 29.3 Å². The van der Waals surface area contributed by atoms with Crippen molar-refractivity contribution in [3.63, 3.8) is 0 Å². The van der Waals surface area contributed by atoms with E-state index in [1.165, 1.54) is 11.3 Å². The molecule has 0 bridgehead atoms. The van der Waals surface area contributed by atoms with E-state index < -0.39 is 0 Å². The van der Waals surface area contributed by atoms with Crippen LogP contribution in [0.5, 0.6) is 0 Å². The van der Waals surface area contributed by atoms with E-state index in [2.05, 4.69) is 24.8 Å². The molecule has 0 aliphatic carbocycles. The second-order valence-electron chi connectivity index (χ2n) is 4.95. The minimum absolute atomic E-state index is 0.220. The molecule has 0 radical (unpaired) electrons. The monoisotopic (exact) mass is 247 g/mol. The molecule has 2 rings (SSSR count). The van der Waals surface area contributed by atoms with Gasteiger partial charge in [0.15, 0.2) is 0 Å². The summed E-state index contributed by atoms with van der Waals surface area (Å²) in [5, 5.41) is 0. The van der Waals surface area contributed by atoms with E-state index in [0.29, 0.717) is 18.2 Å². The minimum Gasteiger partial charge on any atom is -0.462 e. The van der Waals surface area contributed by atoms with Crippen molar-refractivity contribution < 1.29 is 9.53 Å². The molecule has 0 saturated heterocycles. The summed E-state index contributed by atoms with van der Waals surface area (Å²) in [7, 11) is 0. The van der Waals surface area contributed by atoms with E-state index in [1.807, 2.05) is 19.1 Å². The van der Waals surface area contributed by atoms with Gasteiger partial charge in [-0.25, -0.2) is 4.79 Å². The van der Waals surface area contributed by atoms with Crippen molar-refractivity contribution in [2.45, 2.75) is 39.7 Å². The van der Waals surface area contributed by atoms with Crippen LogP contribution in [0.2, 0.25) is 0 Å². The first-order valence-electron chi connectivity index (χ1n) is 6.70. The quantitative estimate of drug-likeness (QED) is 0.769. The first-order valence-corrected chi connectivity index (χ1v) is 6.70. The number of nitrogens with zero attached hydrogens (tertiary/aromatic N) is 1. The fraction of sp³-hybridized carbons (Fsp3) is 0.533. The zero-order chi connectivity index (χ0) is 13.1. The van der Waals surface area contributed by atoms with Crippen LogP contribution in [0.15, 0.2) is 18.2 Å². The van der Waals surface area contributed by atoms with Gasteiger partial charge in [-0.2, -0.15) is 0 Å². The molecule has 0 saturated carbocycles. The molecule has 3 nitrogen and oxygen atoms in total. The van der Waals surface area contributed by atoms with Crippen molar-refractivity contribution in [1.82, 2.24) is 0 Å². The van der Waals surface area contributed by atoms with Gasteiger partial charge < -0.3 is 9.64 Å². The second kappa shape index (κ2) is 5.42. The molecule has 0 aromatic heterocycles. The smallest absolute Gasteiger partial charge is 0.338 e. The Kier molecular flexibility index (Phi) is 3.90. The largest absolute Gasteiger partial charge is 0.462 e. The summed E-state index contributed by atoms with van der Waals surface area (Å²) in [4.78, 5) is 14.1. The molecule has 18 heavy (non-hydrogen) atoms. The molecule has 0 atom stereocenters. The summed E-state index contributed by atoms with van der Waals surface area (Å²) < 4.78 is 5.04. The maximum atomic E-state index is 11.7. The molecule has 1 aromatic carbocycles. The lowest BCUT2D eigenvalue weighted by atomic mass is 9.98. The molecule has 0 fully saturated rings. The van der Waals surface area contributed by atoms with Gasteiger partial charge in [-0.15, -0.1) is 0 Å². The molecule has 0 spiro atoms. The number of fused-ring (bicyclic) bond motifs is 1. The van der Waals surface area contributed by atoms with Crippen LogP contribution in [0.25, 0.3) is 0 Å². The van der Waals surface area contributed by atoms with Gasteiger partial charge in [-0.3, -0.25) is 0 Å². The van der Waals surface area contributed by atoms with Crippen LogP contribution in [0.1, 0.15) is 43.1 Å². The maximum Gasteiger partial charge on any atom is 0.338 e. The Labute approximate surface area is 109 Å². The fourth-order valence-corrected chi connectivity index (χ4v) is 2.50. The van der Waals surface area contributed by atoms with Crippen LogP contribution in [0.4, 0.5) is 5.69 Å². The van der Waals surface area contributed by atoms with Crippen LogP contribution in [-0.4, -0.2) is 25.2 Å². The highest BCUT2D eigenvalue weighted by molar-refractivity contribution is 5.90. The number of hydrogen-bond acceptors (Lipinski definition) is 3. The number of aryl methyl sites for hydroxylation is 1. The second-order valence-corrected chi connectivity index (χ2v) is 4.95. The van der Waals surface area contributed by atoms with Crippen LogP contribution >= 0.6 is 0 Å². The summed E-state index contributed by atoms with van der Waals surface area (Å²) in [6, 6.07) is 6.41. The molecule has 1 aromatic rings. The van der Waals surface area contributed by atoms with Crippen molar-refractivity contribution in [1.29, 1.82) is 0 Å². The summed E-state index contributed by atoms with van der Waals surface area (Å²) in [5.41, 5.74) is 3.20. The lowest BCUT2D eigenvalue weighted by Gasteiger charge is -2.34. The van der Waals surface area contributed by atoms with Crippen LogP contribution < -0.4 is 4.90 Å². The molecule has 1 aliphatic rings. The molecule has 0 unspecified atom stereocenters. The number of carbonyl (C=O) groups excluding carboxylic acids is 1. The fourth-order valence-electron chi connectivity index (χ4n) is 2.50. The average molecular weight is 247 g/mol. The lowest BCUT2D eigenvalue weighted by molar-refractivity contribution is 0.0526. The topological polar surface area (TPSA) is 29.5 Å². The number of rotatable bonds is 3. The molecular weight excluding hydrogens is 226 g/mol. The predicted molar refractivity (Wildman–Crippen MR) is 73.2 cm³/mol. The minimum atomic E-state index is -0.220. The van der Waals surface area contributed by atoms with Crippen molar-refractivity contribution >= 4 is 11.7 Å². The zero-order valence-electron chi connectivity index (χ0n) is 11.4. The Morgan fingerprint density at radius 1 is 1.44 bits per heavy atom. The Hall–Kier alpha value is -1.51. The number of benzene rings is 1. The van der Waals surface area contributed by atoms with Gasteiger partial charge in [0.25, 0.3) is 0 Å². The number of ether oxygens (including phenoxy) is 1. The highest BCUT2D eigenvalue weighted by atomic mass is 16.5. The van der Waals surface area contributed by atoms with E-state index in [0.717, 1.165) is 19.4 Å². The SMILES string of the molecule is CCOC(=O)c1ccc2c(c1)CCCN2C(C)C. The first-order chi connectivity index (χ1) is 8.63. The van der Waals surface area contributed by atoms with E-state index in [1.54, 1.807) is 0 Å². The Bertz CT molecular complexity index is 440. The first kappa shape index (κ1) is 12.9. The molecule has 0 amide bonds. The Morgan fingerprint density at radius 2 is 2.22 bits per heavy atom. The third-order valence-electron chi connectivity index (χ3n) is 3.37. The molecule has 98 valence electrons. The van der Waals surface area contributed by atoms with E-state index in [4.69, 9.17) is 4.74 Å². The summed E-state index contributed by atoms with van der Waals surface area (Å²) in [5.74, 6) is -0.220. The number of esters is 1. The summed E-state index contributed by atoms with van der Waals surface area (Å²) >= 11 is 0. The number of hydrogen-bond donors (Lipinski definition) is 0. The molecule has 3 heteroatoms. The third-order valence-corrected chi connectivity index (χ3v) is 3.37. The number of carbonyl (C=O) groups is 1. The molecule has 1 aliphatic heterocycles. The van der Waals surface area contributed by atoms with Gasteiger partial charge in [0.2, 0.25) is 0 Å². The zero-order valence-corrected chi connectivity index (χ0v) is 11.4. The van der Waals surface area contributed by atoms with Crippen LogP contribution in [0, 0.1) is 0 Å². The Balaban J connectivity index is 2.29. The highest BCUT2D eigenvalue weighted by Gasteiger charge is 2.20. The van der Waals surface area contributed by atoms with Gasteiger partial charge in [0, 0.05) is 18.3 Å². The van der Waals surface area contributed by atoms with Gasteiger partial charge in [-0.1, -0.05) is 0 Å². The van der Waals surface area contributed by atoms with Gasteiger partial charge in [0.1, 0.15) is 0 Å². The standard InChI is InChI=1S/C15H21NO2/c1-4-18-15(17)13-7-8-14-12(10-13)6-5-9-16(14)11(2)3/h7-8,10-11H,4-6,9H2,1-3H3. The van der Waals surface area contributed by atoms with Gasteiger partial charge >= 0.3 is 5.97 Å². The summed E-state index contributed by atoms with van der Waals surface area (Å²) in [6.07, 6.45) is 2.20. The van der Waals surface area contributed by atoms with Gasteiger partial charge in [0.05, 0.1) is 12.2 Å². The van der Waals surface area contributed by atoms with E-state index in [9.17, 15) is 4.79 Å². The number of anilines is 1. The van der Waals surface area contributed by atoms with Crippen LogP contribution in [-0.2, 0) is 11.2 Å². The van der Waals surface area contributed by atoms with E-state index >= 15 is 0 Å². The van der Waals surface area contributed by atoms with Crippen LogP contribution in [0.3, 0.4) is 0 Å². The van der Waals surface area contributed by atoms with E-state index in [-0.39, 0.29) is 5.97 Å². The third kappa shape index (κ3) is 2.50. The summed E-state index contributed by atoms with van der Waals surface area (Å²) in [6.45, 7) is 7.76.